The van der Waals surface area contributed by atoms with Gasteiger partial charge >= 0.3 is 6.03 Å². The molecule has 5 nitrogen and oxygen atoms in total. The van der Waals surface area contributed by atoms with Gasteiger partial charge in [-0.15, -0.1) is 0 Å². The Balaban J connectivity index is 2.02. The molecular formula is C7H14N2O3. The van der Waals surface area contributed by atoms with Gasteiger partial charge in [-0.25, -0.2) is 4.79 Å². The minimum atomic E-state index is -0.0254. The zero-order valence-corrected chi connectivity index (χ0v) is 6.95. The van der Waals surface area contributed by atoms with E-state index in [1.807, 2.05) is 0 Å². The molecule has 12 heavy (non-hydrogen) atoms. The van der Waals surface area contributed by atoms with E-state index in [1.165, 1.54) is 0 Å². The number of rotatable bonds is 5. The van der Waals surface area contributed by atoms with Crippen LogP contribution in [-0.4, -0.2) is 55.5 Å². The van der Waals surface area contributed by atoms with Crippen LogP contribution in [0.25, 0.3) is 0 Å². The minimum Gasteiger partial charge on any atom is -0.394 e. The Morgan fingerprint density at radius 3 is 3.00 bits per heavy atom. The van der Waals surface area contributed by atoms with E-state index in [-0.39, 0.29) is 12.6 Å². The molecule has 0 bridgehead atoms. The van der Waals surface area contributed by atoms with Crippen LogP contribution in [0.4, 0.5) is 4.79 Å². The summed E-state index contributed by atoms with van der Waals surface area (Å²) < 4.78 is 5.02. The zero-order valence-electron chi connectivity index (χ0n) is 6.95. The van der Waals surface area contributed by atoms with Crippen LogP contribution in [0, 0.1) is 0 Å². The molecule has 2 N–H and O–H groups in total. The van der Waals surface area contributed by atoms with Gasteiger partial charge in [-0.1, -0.05) is 0 Å². The number of nitrogens with zero attached hydrogens (tertiary/aromatic N) is 1. The lowest BCUT2D eigenvalue weighted by molar-refractivity contribution is 0.0820. The molecule has 1 fully saturated rings. The van der Waals surface area contributed by atoms with Crippen molar-refractivity contribution >= 4 is 6.03 Å². The normalized spacial score (nSPS) is 16.8. The summed E-state index contributed by atoms with van der Waals surface area (Å²) in [6.07, 6.45) is 0. The molecule has 70 valence electrons. The maximum Gasteiger partial charge on any atom is 0.317 e. The highest BCUT2D eigenvalue weighted by atomic mass is 16.5. The topological polar surface area (TPSA) is 61.8 Å². The number of nitrogens with one attached hydrogen (secondary N) is 1. The Morgan fingerprint density at radius 1 is 1.58 bits per heavy atom. The van der Waals surface area contributed by atoms with E-state index in [2.05, 4.69) is 5.32 Å². The monoisotopic (exact) mass is 174 g/mol. The molecule has 0 saturated carbocycles. The van der Waals surface area contributed by atoms with Crippen LogP contribution in [0.5, 0.6) is 0 Å². The highest BCUT2D eigenvalue weighted by Gasteiger charge is 2.18. The van der Waals surface area contributed by atoms with Gasteiger partial charge in [0, 0.05) is 19.6 Å². The number of hydrogen-bond acceptors (Lipinski definition) is 3. The highest BCUT2D eigenvalue weighted by Crippen LogP contribution is 1.95. The van der Waals surface area contributed by atoms with Crippen molar-refractivity contribution in [2.24, 2.45) is 0 Å². The van der Waals surface area contributed by atoms with E-state index in [1.54, 1.807) is 4.90 Å². The number of amides is 2. The third-order valence-corrected chi connectivity index (χ3v) is 1.69. The van der Waals surface area contributed by atoms with Crippen LogP contribution >= 0.6 is 0 Å². The molecule has 1 aliphatic heterocycles. The Morgan fingerprint density at radius 2 is 2.42 bits per heavy atom. The first-order chi connectivity index (χ1) is 5.84. The maximum atomic E-state index is 10.9. The Bertz CT molecular complexity index is 152. The summed E-state index contributed by atoms with van der Waals surface area (Å²) >= 11 is 0. The van der Waals surface area contributed by atoms with Crippen LogP contribution in [0.2, 0.25) is 0 Å². The molecule has 1 rings (SSSR count). The van der Waals surface area contributed by atoms with E-state index in [9.17, 15) is 4.79 Å². The van der Waals surface area contributed by atoms with E-state index in [0.717, 1.165) is 13.1 Å². The molecule has 0 atom stereocenters. The van der Waals surface area contributed by atoms with Crippen LogP contribution in [0.15, 0.2) is 0 Å². The summed E-state index contributed by atoms with van der Waals surface area (Å²) in [7, 11) is 0. The van der Waals surface area contributed by atoms with Crippen molar-refractivity contribution < 1.29 is 14.6 Å². The van der Waals surface area contributed by atoms with Crippen LogP contribution in [-0.2, 0) is 4.74 Å². The Kier molecular flexibility index (Phi) is 3.83. The first kappa shape index (κ1) is 9.28. The third kappa shape index (κ3) is 2.67. The van der Waals surface area contributed by atoms with Gasteiger partial charge in [0.1, 0.15) is 0 Å². The highest BCUT2D eigenvalue weighted by molar-refractivity contribution is 5.76. The van der Waals surface area contributed by atoms with Crippen molar-refractivity contribution in [3.05, 3.63) is 0 Å². The van der Waals surface area contributed by atoms with Gasteiger partial charge in [-0.2, -0.15) is 0 Å². The smallest absolute Gasteiger partial charge is 0.317 e. The predicted molar refractivity (Wildman–Crippen MR) is 42.9 cm³/mol. The maximum absolute atomic E-state index is 10.9. The van der Waals surface area contributed by atoms with E-state index in [0.29, 0.717) is 19.8 Å². The van der Waals surface area contributed by atoms with Gasteiger partial charge in [0.15, 0.2) is 0 Å². The quantitative estimate of drug-likeness (QED) is 0.527. The van der Waals surface area contributed by atoms with Crippen molar-refractivity contribution in [3.63, 3.8) is 0 Å². The first-order valence-corrected chi connectivity index (χ1v) is 4.06. The summed E-state index contributed by atoms with van der Waals surface area (Å²) in [5.74, 6) is 0. The summed E-state index contributed by atoms with van der Waals surface area (Å²) in [6.45, 7) is 2.95. The van der Waals surface area contributed by atoms with Gasteiger partial charge in [-0.05, 0) is 0 Å². The lowest BCUT2D eigenvalue weighted by atomic mass is 10.5. The number of urea groups is 1. The number of carbonyl (C=O) groups excluding carboxylic acids is 1. The van der Waals surface area contributed by atoms with Crippen molar-refractivity contribution in [2.45, 2.75) is 0 Å². The fourth-order valence-corrected chi connectivity index (χ4v) is 1.07. The zero-order chi connectivity index (χ0) is 8.81. The predicted octanol–water partition coefficient (Wildman–Crippen LogP) is -0.980. The molecule has 1 aliphatic rings. The van der Waals surface area contributed by atoms with Gasteiger partial charge in [0.25, 0.3) is 0 Å². The largest absolute Gasteiger partial charge is 0.394 e. The minimum absolute atomic E-state index is 0.0254. The molecule has 0 aliphatic carbocycles. The summed E-state index contributed by atoms with van der Waals surface area (Å²) in [5, 5.41) is 11.1. The number of hydrogen-bond donors (Lipinski definition) is 2. The third-order valence-electron chi connectivity index (χ3n) is 1.69. The van der Waals surface area contributed by atoms with Gasteiger partial charge in [0.2, 0.25) is 0 Å². The number of carbonyl (C=O) groups is 1. The fourth-order valence-electron chi connectivity index (χ4n) is 1.07. The molecule has 0 spiro atoms. The fraction of sp³-hybridized carbons (Fsp3) is 0.857. The van der Waals surface area contributed by atoms with Crippen molar-refractivity contribution in [1.82, 2.24) is 10.2 Å². The average Bonchev–Trinajstić information content (AvgIpc) is 2.46. The van der Waals surface area contributed by atoms with Crippen molar-refractivity contribution in [1.29, 1.82) is 0 Å². The van der Waals surface area contributed by atoms with Crippen LogP contribution in [0.1, 0.15) is 0 Å². The second-order valence-corrected chi connectivity index (χ2v) is 2.55. The van der Waals surface area contributed by atoms with Gasteiger partial charge in [-0.3, -0.25) is 0 Å². The Labute approximate surface area is 71.3 Å². The Hall–Kier alpha value is -0.810. The van der Waals surface area contributed by atoms with E-state index >= 15 is 0 Å². The molecule has 0 aromatic rings. The number of ether oxygens (including phenoxy) is 1. The molecule has 1 saturated heterocycles. The summed E-state index contributed by atoms with van der Waals surface area (Å²) in [4.78, 5) is 12.6. The average molecular weight is 174 g/mol. The van der Waals surface area contributed by atoms with Gasteiger partial charge in [0.05, 0.1) is 19.8 Å². The number of aliphatic hydroxyl groups excluding tert-OH is 1. The van der Waals surface area contributed by atoms with Crippen LogP contribution < -0.4 is 5.32 Å². The number of aliphatic hydroxyl groups is 1. The second kappa shape index (κ2) is 4.95. The molecule has 0 aromatic carbocycles. The molecule has 1 heterocycles. The van der Waals surface area contributed by atoms with Gasteiger partial charge < -0.3 is 20.1 Å². The molecule has 5 heteroatoms. The first-order valence-electron chi connectivity index (χ1n) is 4.06. The SMILES string of the molecule is O=C1NCCN1CCOCCO. The molecule has 2 amide bonds. The van der Waals surface area contributed by atoms with E-state index < -0.39 is 0 Å². The van der Waals surface area contributed by atoms with E-state index in [4.69, 9.17) is 9.84 Å². The van der Waals surface area contributed by atoms with Crippen LogP contribution in [0.3, 0.4) is 0 Å². The standard InChI is InChI=1S/C7H14N2O3/c10-4-6-12-5-3-9-2-1-8-7(9)11/h10H,1-6H2,(H,8,11). The molecule has 0 radical (unpaired) electrons. The molecule has 0 aromatic heterocycles. The lowest BCUT2D eigenvalue weighted by Gasteiger charge is -2.13. The lowest BCUT2D eigenvalue weighted by Crippen LogP contribution is -2.31. The molecular weight excluding hydrogens is 160 g/mol. The summed E-state index contributed by atoms with van der Waals surface area (Å²) in [5.41, 5.74) is 0. The summed E-state index contributed by atoms with van der Waals surface area (Å²) in [6, 6.07) is -0.0254. The second-order valence-electron chi connectivity index (χ2n) is 2.55. The molecule has 0 unspecified atom stereocenters. The van der Waals surface area contributed by atoms with Crippen molar-refractivity contribution in [2.75, 3.05) is 39.5 Å². The van der Waals surface area contributed by atoms with Crippen molar-refractivity contribution in [3.8, 4) is 0 Å².